The Bertz CT molecular complexity index is 440. The topological polar surface area (TPSA) is 63.5 Å². The Morgan fingerprint density at radius 1 is 1.43 bits per heavy atom. The van der Waals surface area contributed by atoms with Crippen molar-refractivity contribution in [2.75, 3.05) is 26.2 Å². The van der Waals surface area contributed by atoms with Gasteiger partial charge in [-0.3, -0.25) is 9.67 Å². The summed E-state index contributed by atoms with van der Waals surface area (Å²) in [5.41, 5.74) is 1.14. The van der Waals surface area contributed by atoms with Gasteiger partial charge in [-0.25, -0.2) is 0 Å². The van der Waals surface area contributed by atoms with Gasteiger partial charge in [-0.1, -0.05) is 0 Å². The normalized spacial score (nSPS) is 20.7. The van der Waals surface area contributed by atoms with Crippen molar-refractivity contribution in [2.45, 2.75) is 26.4 Å². The fourth-order valence-electron chi connectivity index (χ4n) is 2.53. The van der Waals surface area contributed by atoms with Crippen LogP contribution in [0.15, 0.2) is 17.3 Å². The van der Waals surface area contributed by atoms with Crippen molar-refractivity contribution in [3.63, 3.8) is 0 Å². The molecule has 1 saturated heterocycles. The first kappa shape index (κ1) is 18.2. The van der Waals surface area contributed by atoms with Gasteiger partial charge in [0.15, 0.2) is 5.96 Å². The van der Waals surface area contributed by atoms with Crippen LogP contribution in [0, 0.1) is 5.92 Å². The molecule has 2 atom stereocenters. The number of aryl methyl sites for hydroxylation is 1. The maximum absolute atomic E-state index is 5.87. The van der Waals surface area contributed by atoms with Crippen LogP contribution in [0.4, 0.5) is 0 Å². The zero-order chi connectivity index (χ0) is 14.4. The summed E-state index contributed by atoms with van der Waals surface area (Å²) in [5, 5.41) is 10.7. The van der Waals surface area contributed by atoms with E-state index in [1.165, 1.54) is 0 Å². The van der Waals surface area contributed by atoms with E-state index in [0.29, 0.717) is 5.92 Å². The molecule has 120 valence electrons. The van der Waals surface area contributed by atoms with Gasteiger partial charge < -0.3 is 15.4 Å². The fourth-order valence-corrected chi connectivity index (χ4v) is 2.53. The fraction of sp³-hybridized carbons (Fsp3) is 0.714. The minimum Gasteiger partial charge on any atom is -0.372 e. The smallest absolute Gasteiger partial charge is 0.191 e. The highest BCUT2D eigenvalue weighted by Crippen LogP contribution is 2.34. The Morgan fingerprint density at radius 2 is 2.14 bits per heavy atom. The van der Waals surface area contributed by atoms with Crippen molar-refractivity contribution in [2.24, 2.45) is 18.0 Å². The van der Waals surface area contributed by atoms with Crippen LogP contribution in [0.1, 0.15) is 32.1 Å². The number of nitrogens with zero attached hydrogens (tertiary/aromatic N) is 3. The highest BCUT2D eigenvalue weighted by Gasteiger charge is 2.31. The van der Waals surface area contributed by atoms with E-state index < -0.39 is 0 Å². The van der Waals surface area contributed by atoms with E-state index in [2.05, 4.69) is 34.6 Å². The van der Waals surface area contributed by atoms with Gasteiger partial charge in [0.05, 0.1) is 5.69 Å². The number of nitrogens with one attached hydrogen (secondary N) is 2. The molecule has 0 bridgehead atoms. The van der Waals surface area contributed by atoms with Crippen molar-refractivity contribution >= 4 is 29.9 Å². The Morgan fingerprint density at radius 3 is 2.71 bits per heavy atom. The van der Waals surface area contributed by atoms with Crippen LogP contribution in [0.25, 0.3) is 0 Å². The molecule has 7 heteroatoms. The molecule has 2 N–H and O–H groups in total. The minimum absolute atomic E-state index is 0. The predicted molar refractivity (Wildman–Crippen MR) is 95.1 cm³/mol. The van der Waals surface area contributed by atoms with Crippen LogP contribution in [-0.2, 0) is 11.8 Å². The lowest BCUT2D eigenvalue weighted by molar-refractivity contribution is 0.0858. The van der Waals surface area contributed by atoms with Crippen LogP contribution in [-0.4, -0.2) is 42.0 Å². The number of rotatable bonds is 5. The summed E-state index contributed by atoms with van der Waals surface area (Å²) < 4.78 is 7.76. The predicted octanol–water partition coefficient (Wildman–Crippen LogP) is 1.69. The number of halogens is 1. The van der Waals surface area contributed by atoms with Crippen molar-refractivity contribution in [3.8, 4) is 0 Å². The first-order valence-corrected chi connectivity index (χ1v) is 7.38. The molecule has 0 amide bonds. The third-order valence-corrected chi connectivity index (χ3v) is 3.54. The van der Waals surface area contributed by atoms with Crippen molar-refractivity contribution < 1.29 is 4.74 Å². The first-order valence-electron chi connectivity index (χ1n) is 7.38. The first-order chi connectivity index (χ1) is 9.76. The molecule has 1 aromatic rings. The second kappa shape index (κ2) is 9.24. The lowest BCUT2D eigenvalue weighted by atomic mass is 9.99. The molecular weight excluding hydrogens is 381 g/mol. The highest BCUT2D eigenvalue weighted by molar-refractivity contribution is 14.0. The number of aliphatic imine (C=N–C) groups is 1. The lowest BCUT2D eigenvalue weighted by Crippen LogP contribution is -2.37. The van der Waals surface area contributed by atoms with Gasteiger partial charge in [-0.2, -0.15) is 5.10 Å². The van der Waals surface area contributed by atoms with Gasteiger partial charge in [0.25, 0.3) is 0 Å². The van der Waals surface area contributed by atoms with Gasteiger partial charge in [0.2, 0.25) is 0 Å². The molecule has 0 unspecified atom stereocenters. The summed E-state index contributed by atoms with van der Waals surface area (Å²) in [7, 11) is 1.96. The van der Waals surface area contributed by atoms with Crippen molar-refractivity contribution in [1.29, 1.82) is 0 Å². The number of hydrogen-bond acceptors (Lipinski definition) is 3. The van der Waals surface area contributed by atoms with Crippen LogP contribution in [0.2, 0.25) is 0 Å². The quantitative estimate of drug-likeness (QED) is 0.443. The average Bonchev–Trinajstić information content (AvgIpc) is 3.04. The van der Waals surface area contributed by atoms with E-state index in [9.17, 15) is 0 Å². The number of aromatic nitrogens is 2. The van der Waals surface area contributed by atoms with Crippen LogP contribution in [0.3, 0.4) is 0 Å². The van der Waals surface area contributed by atoms with Crippen molar-refractivity contribution in [3.05, 3.63) is 18.0 Å². The SMILES string of the molecule is CCNC(=NC[C@@H]1CCO[C@H]1c1ccnn1C)NCC.I. The maximum atomic E-state index is 5.87. The molecule has 1 aromatic heterocycles. The molecule has 0 radical (unpaired) electrons. The number of hydrogen-bond donors (Lipinski definition) is 2. The Labute approximate surface area is 143 Å². The van der Waals surface area contributed by atoms with Crippen molar-refractivity contribution in [1.82, 2.24) is 20.4 Å². The second-order valence-corrected chi connectivity index (χ2v) is 4.97. The van der Waals surface area contributed by atoms with E-state index >= 15 is 0 Å². The van der Waals surface area contributed by atoms with E-state index in [4.69, 9.17) is 4.74 Å². The summed E-state index contributed by atoms with van der Waals surface area (Å²) >= 11 is 0. The second-order valence-electron chi connectivity index (χ2n) is 4.97. The van der Waals surface area contributed by atoms with E-state index in [1.54, 1.807) is 0 Å². The summed E-state index contributed by atoms with van der Waals surface area (Å²) in [4.78, 5) is 4.66. The molecule has 0 aromatic carbocycles. The summed E-state index contributed by atoms with van der Waals surface area (Å²) in [5.74, 6) is 1.29. The van der Waals surface area contributed by atoms with E-state index in [0.717, 1.165) is 44.3 Å². The van der Waals surface area contributed by atoms with Crippen LogP contribution in [0.5, 0.6) is 0 Å². The summed E-state index contributed by atoms with van der Waals surface area (Å²) in [6.45, 7) is 7.46. The average molecular weight is 407 g/mol. The van der Waals surface area contributed by atoms with Crippen LogP contribution >= 0.6 is 24.0 Å². The Hall–Kier alpha value is -0.830. The largest absolute Gasteiger partial charge is 0.372 e. The van der Waals surface area contributed by atoms with E-state index in [1.807, 2.05) is 24.0 Å². The molecule has 2 heterocycles. The summed E-state index contributed by atoms with van der Waals surface area (Å²) in [6, 6.07) is 2.03. The van der Waals surface area contributed by atoms with Gasteiger partial charge in [0, 0.05) is 45.4 Å². The molecule has 21 heavy (non-hydrogen) atoms. The zero-order valence-electron chi connectivity index (χ0n) is 13.0. The van der Waals surface area contributed by atoms with E-state index in [-0.39, 0.29) is 30.1 Å². The molecule has 0 saturated carbocycles. The molecular formula is C14H26IN5O. The maximum Gasteiger partial charge on any atom is 0.191 e. The highest BCUT2D eigenvalue weighted by atomic mass is 127. The molecule has 1 aliphatic rings. The molecule has 0 aliphatic carbocycles. The van der Waals surface area contributed by atoms with Gasteiger partial charge in [-0.05, 0) is 26.3 Å². The molecule has 2 rings (SSSR count). The molecule has 1 aliphatic heterocycles. The minimum atomic E-state index is 0. The Kier molecular flexibility index (Phi) is 8.02. The van der Waals surface area contributed by atoms with Gasteiger partial charge in [-0.15, -0.1) is 24.0 Å². The molecule has 0 spiro atoms. The number of guanidine groups is 1. The third-order valence-electron chi connectivity index (χ3n) is 3.54. The Balaban J connectivity index is 0.00000220. The lowest BCUT2D eigenvalue weighted by Gasteiger charge is -2.18. The third kappa shape index (κ3) is 4.84. The standard InChI is InChI=1S/C14H25N5O.HI/c1-4-15-14(16-5-2)17-10-11-7-9-20-13(11)12-6-8-18-19(12)3;/h6,8,11,13H,4-5,7,9-10H2,1-3H3,(H2,15,16,17);1H/t11-,13+;/m0./s1. The van der Waals surface area contributed by atoms with Gasteiger partial charge in [0.1, 0.15) is 6.10 Å². The summed E-state index contributed by atoms with van der Waals surface area (Å²) in [6.07, 6.45) is 2.97. The molecule has 6 nitrogen and oxygen atoms in total. The van der Waals surface area contributed by atoms with Crippen LogP contribution < -0.4 is 10.6 Å². The molecule has 1 fully saturated rings. The zero-order valence-corrected chi connectivity index (χ0v) is 15.3. The monoisotopic (exact) mass is 407 g/mol. The van der Waals surface area contributed by atoms with Gasteiger partial charge >= 0.3 is 0 Å². The number of ether oxygens (including phenoxy) is 1.